The number of aryl methyl sites for hydroxylation is 3. The number of unbranched alkanes of at least 4 members (excludes halogenated alkanes) is 3. The van der Waals surface area contributed by atoms with Gasteiger partial charge in [-0.05, 0) is 38.3 Å². The Bertz CT molecular complexity index is 957. The van der Waals surface area contributed by atoms with Crippen LogP contribution in [-0.2, 0) is 6.42 Å². The summed E-state index contributed by atoms with van der Waals surface area (Å²) in [6.07, 6.45) is 6.98. The average molecular weight is 379 g/mol. The Labute approximate surface area is 167 Å². The number of amides is 1. The number of carbonyl (C=O) groups is 1. The molecule has 1 aromatic carbocycles. The van der Waals surface area contributed by atoms with Crippen molar-refractivity contribution in [1.29, 1.82) is 0 Å². The summed E-state index contributed by atoms with van der Waals surface area (Å²) in [5.41, 5.74) is 6.81. The lowest BCUT2D eigenvalue weighted by molar-refractivity contribution is 0.0954. The molecule has 0 aliphatic carbocycles. The third-order valence-corrected chi connectivity index (χ3v) is 5.27. The number of carbonyl (C=O) groups excluding carboxylic acids is 1. The van der Waals surface area contributed by atoms with Gasteiger partial charge >= 0.3 is 0 Å². The maximum atomic E-state index is 12.6. The van der Waals surface area contributed by atoms with E-state index in [2.05, 4.69) is 48.5 Å². The van der Waals surface area contributed by atoms with Gasteiger partial charge in [-0.15, -0.1) is 0 Å². The highest BCUT2D eigenvalue weighted by atomic mass is 16.1. The van der Waals surface area contributed by atoms with Crippen molar-refractivity contribution >= 4 is 11.6 Å². The molecule has 1 amide bonds. The van der Waals surface area contributed by atoms with Gasteiger partial charge in [0.25, 0.3) is 5.91 Å². The third kappa shape index (κ3) is 4.41. The van der Waals surface area contributed by atoms with E-state index in [1.54, 1.807) is 10.7 Å². The molecule has 28 heavy (non-hydrogen) atoms. The van der Waals surface area contributed by atoms with Gasteiger partial charge in [0, 0.05) is 24.4 Å². The minimum absolute atomic E-state index is 0.0934. The monoisotopic (exact) mass is 378 g/mol. The minimum Gasteiger partial charge on any atom is -0.352 e. The molecule has 5 nitrogen and oxygen atoms in total. The van der Waals surface area contributed by atoms with Crippen LogP contribution in [0.15, 0.2) is 30.5 Å². The van der Waals surface area contributed by atoms with Crippen molar-refractivity contribution in [2.45, 2.75) is 59.8 Å². The van der Waals surface area contributed by atoms with Crippen LogP contribution in [0.1, 0.15) is 71.0 Å². The predicted octanol–water partition coefficient (Wildman–Crippen LogP) is 4.56. The second kappa shape index (κ2) is 9.00. The first-order valence-corrected chi connectivity index (χ1v) is 10.2. The number of benzene rings is 1. The molecular weight excluding hydrogens is 348 g/mol. The van der Waals surface area contributed by atoms with E-state index in [0.717, 1.165) is 36.2 Å². The Morgan fingerprint density at radius 3 is 2.54 bits per heavy atom. The molecule has 3 rings (SSSR count). The summed E-state index contributed by atoms with van der Waals surface area (Å²) in [7, 11) is 0. The lowest BCUT2D eigenvalue weighted by Gasteiger charge is -2.12. The van der Waals surface area contributed by atoms with Crippen LogP contribution in [0.3, 0.4) is 0 Å². The molecule has 5 heteroatoms. The molecule has 0 radical (unpaired) electrons. The minimum atomic E-state index is -0.0934. The molecule has 0 saturated heterocycles. The number of rotatable bonds is 8. The number of hydrogen-bond acceptors (Lipinski definition) is 3. The van der Waals surface area contributed by atoms with E-state index < -0.39 is 0 Å². The van der Waals surface area contributed by atoms with E-state index >= 15 is 0 Å². The molecule has 2 heterocycles. The van der Waals surface area contributed by atoms with E-state index in [0.29, 0.717) is 17.8 Å². The zero-order valence-corrected chi connectivity index (χ0v) is 17.4. The molecule has 0 unspecified atom stereocenters. The fraction of sp³-hybridized carbons (Fsp3) is 0.435. The van der Waals surface area contributed by atoms with Crippen molar-refractivity contribution in [2.24, 2.45) is 0 Å². The lowest BCUT2D eigenvalue weighted by atomic mass is 10.0. The summed E-state index contributed by atoms with van der Waals surface area (Å²) in [6, 6.07) is 8.56. The van der Waals surface area contributed by atoms with Crippen molar-refractivity contribution in [3.63, 3.8) is 0 Å². The van der Waals surface area contributed by atoms with Gasteiger partial charge in [-0.3, -0.25) is 4.79 Å². The lowest BCUT2D eigenvalue weighted by Crippen LogP contribution is -2.24. The molecule has 0 saturated carbocycles. The summed E-state index contributed by atoms with van der Waals surface area (Å²) >= 11 is 0. The normalized spacial score (nSPS) is 11.1. The van der Waals surface area contributed by atoms with Crippen molar-refractivity contribution in [2.75, 3.05) is 6.54 Å². The molecule has 0 aliphatic rings. The van der Waals surface area contributed by atoms with Gasteiger partial charge < -0.3 is 5.32 Å². The Hall–Kier alpha value is -2.69. The molecule has 0 fully saturated rings. The predicted molar refractivity (Wildman–Crippen MR) is 113 cm³/mol. The molecule has 0 bridgehead atoms. The highest BCUT2D eigenvalue weighted by molar-refractivity contribution is 5.99. The van der Waals surface area contributed by atoms with Crippen molar-refractivity contribution in [3.8, 4) is 0 Å². The SMILES string of the molecule is CCCCCCNC(=O)c1cnn2c(C)c(Cc3ccc(C)cc3)c(C)nc12. The molecule has 148 valence electrons. The van der Waals surface area contributed by atoms with Crippen molar-refractivity contribution < 1.29 is 4.79 Å². The molecule has 3 aromatic rings. The van der Waals surface area contributed by atoms with Gasteiger partial charge in [0.1, 0.15) is 5.56 Å². The standard InChI is InChI=1S/C23H30N4O/c1-5-6-7-8-13-24-23(28)21-15-25-27-18(4)20(17(3)26-22(21)27)14-19-11-9-16(2)10-12-19/h9-12,15H,5-8,13-14H2,1-4H3,(H,24,28). The van der Waals surface area contributed by atoms with Crippen LogP contribution in [0.4, 0.5) is 0 Å². The van der Waals surface area contributed by atoms with Crippen LogP contribution in [0.25, 0.3) is 5.65 Å². The number of nitrogens with zero attached hydrogens (tertiary/aromatic N) is 3. The maximum absolute atomic E-state index is 12.6. The summed E-state index contributed by atoms with van der Waals surface area (Å²) < 4.78 is 1.79. The largest absolute Gasteiger partial charge is 0.352 e. The van der Waals surface area contributed by atoms with Gasteiger partial charge in [-0.25, -0.2) is 9.50 Å². The summed E-state index contributed by atoms with van der Waals surface area (Å²) in [5.74, 6) is -0.0934. The van der Waals surface area contributed by atoms with Gasteiger partial charge in [-0.2, -0.15) is 5.10 Å². The molecular formula is C23H30N4O. The zero-order chi connectivity index (χ0) is 20.1. The van der Waals surface area contributed by atoms with Gasteiger partial charge in [0.2, 0.25) is 0 Å². The summed E-state index contributed by atoms with van der Waals surface area (Å²) in [4.78, 5) is 17.3. The van der Waals surface area contributed by atoms with Crippen LogP contribution >= 0.6 is 0 Å². The van der Waals surface area contributed by atoms with Crippen LogP contribution in [-0.4, -0.2) is 27.0 Å². The Morgan fingerprint density at radius 1 is 1.07 bits per heavy atom. The smallest absolute Gasteiger partial charge is 0.256 e. The zero-order valence-electron chi connectivity index (χ0n) is 17.4. The molecule has 2 aromatic heterocycles. The molecule has 0 atom stereocenters. The Kier molecular flexibility index (Phi) is 6.45. The summed E-state index contributed by atoms with van der Waals surface area (Å²) in [5, 5.41) is 7.45. The molecule has 1 N–H and O–H groups in total. The quantitative estimate of drug-likeness (QED) is 0.585. The van der Waals surface area contributed by atoms with E-state index in [-0.39, 0.29) is 5.91 Å². The van der Waals surface area contributed by atoms with Crippen LogP contribution < -0.4 is 5.32 Å². The van der Waals surface area contributed by atoms with E-state index in [4.69, 9.17) is 4.98 Å². The topological polar surface area (TPSA) is 59.3 Å². The van der Waals surface area contributed by atoms with Crippen molar-refractivity contribution in [3.05, 3.63) is 64.1 Å². The Morgan fingerprint density at radius 2 is 1.82 bits per heavy atom. The van der Waals surface area contributed by atoms with E-state index in [1.165, 1.54) is 24.0 Å². The van der Waals surface area contributed by atoms with Gasteiger partial charge in [0.15, 0.2) is 5.65 Å². The molecule has 0 spiro atoms. The first kappa shape index (κ1) is 20.1. The highest BCUT2D eigenvalue weighted by Crippen LogP contribution is 2.20. The number of fused-ring (bicyclic) bond motifs is 1. The number of nitrogens with one attached hydrogen (secondary N) is 1. The van der Waals surface area contributed by atoms with Crippen LogP contribution in [0.5, 0.6) is 0 Å². The Balaban J connectivity index is 1.81. The number of hydrogen-bond donors (Lipinski definition) is 1. The average Bonchev–Trinajstić information content (AvgIpc) is 3.10. The fourth-order valence-electron chi connectivity index (χ4n) is 3.49. The third-order valence-electron chi connectivity index (χ3n) is 5.27. The van der Waals surface area contributed by atoms with Crippen molar-refractivity contribution in [1.82, 2.24) is 19.9 Å². The summed E-state index contributed by atoms with van der Waals surface area (Å²) in [6.45, 7) is 9.02. The molecule has 0 aliphatic heterocycles. The van der Waals surface area contributed by atoms with Gasteiger partial charge in [0.05, 0.1) is 6.20 Å². The number of aromatic nitrogens is 3. The second-order valence-electron chi connectivity index (χ2n) is 7.53. The van der Waals surface area contributed by atoms with E-state index in [1.807, 2.05) is 13.8 Å². The first-order chi connectivity index (χ1) is 13.5. The second-order valence-corrected chi connectivity index (χ2v) is 7.53. The first-order valence-electron chi connectivity index (χ1n) is 10.2. The van der Waals surface area contributed by atoms with Gasteiger partial charge in [-0.1, -0.05) is 56.0 Å². The maximum Gasteiger partial charge on any atom is 0.256 e. The van der Waals surface area contributed by atoms with E-state index in [9.17, 15) is 4.79 Å². The van der Waals surface area contributed by atoms with Crippen LogP contribution in [0.2, 0.25) is 0 Å². The highest BCUT2D eigenvalue weighted by Gasteiger charge is 2.18. The fourth-order valence-corrected chi connectivity index (χ4v) is 3.49. The van der Waals surface area contributed by atoms with Crippen LogP contribution in [0, 0.1) is 20.8 Å².